The maximum atomic E-state index is 12.7. The van der Waals surface area contributed by atoms with Gasteiger partial charge in [-0.2, -0.15) is 0 Å². The molecule has 5 N–H and O–H groups in total. The van der Waals surface area contributed by atoms with Crippen LogP contribution in [0.1, 0.15) is 199 Å². The summed E-state index contributed by atoms with van der Waals surface area (Å²) in [6.45, 7) is 16.1. The van der Waals surface area contributed by atoms with Crippen molar-refractivity contribution in [3.05, 3.63) is 178 Å². The van der Waals surface area contributed by atoms with Gasteiger partial charge >= 0.3 is 11.9 Å². The Morgan fingerprint density at radius 1 is 0.362 bits per heavy atom. The van der Waals surface area contributed by atoms with Gasteiger partial charge in [0.2, 0.25) is 11.8 Å². The largest absolute Gasteiger partial charge is 0.497 e. The third-order valence-corrected chi connectivity index (χ3v) is 26.2. The van der Waals surface area contributed by atoms with Gasteiger partial charge in [-0.05, 0) is 232 Å². The number of rotatable bonds is 15. The number of anilines is 4. The zero-order valence-corrected chi connectivity index (χ0v) is 83.3. The normalized spacial score (nSPS) is 17.0. The van der Waals surface area contributed by atoms with Crippen LogP contribution in [0.4, 0.5) is 22.7 Å². The summed E-state index contributed by atoms with van der Waals surface area (Å²) < 4.78 is 5.79. The van der Waals surface area contributed by atoms with Crippen molar-refractivity contribution >= 4 is 150 Å². The van der Waals surface area contributed by atoms with E-state index in [4.69, 9.17) is 73.0 Å². The molecule has 0 aromatic heterocycles. The molecular weight excluding hydrogens is 1820 g/mol. The van der Waals surface area contributed by atoms with Crippen molar-refractivity contribution < 1.29 is 63.2 Å². The first-order valence-electron chi connectivity index (χ1n) is 45.5. The molecule has 0 bridgehead atoms. The van der Waals surface area contributed by atoms with E-state index < -0.39 is 17.5 Å². The molecule has 32 heteroatoms. The van der Waals surface area contributed by atoms with Gasteiger partial charge in [-0.1, -0.05) is 131 Å². The Balaban J connectivity index is 0.000000209. The highest BCUT2D eigenvalue weighted by atomic mass is 79.9. The number of nitrogens with zero attached hydrogens (tertiary/aromatic N) is 11. The van der Waals surface area contributed by atoms with Gasteiger partial charge in [0.25, 0.3) is 29.5 Å². The van der Waals surface area contributed by atoms with Crippen LogP contribution in [0.15, 0.2) is 120 Å². The Morgan fingerprint density at radius 2 is 0.654 bits per heavy atom. The summed E-state index contributed by atoms with van der Waals surface area (Å²) in [4.78, 5) is 127. The van der Waals surface area contributed by atoms with E-state index in [2.05, 4.69) is 46.2 Å². The molecule has 14 rings (SSSR count). The number of aliphatic carboxylic acids is 2. The molecule has 2 saturated carbocycles. The first-order valence-corrected chi connectivity index (χ1v) is 48.2. The average Bonchev–Trinajstić information content (AvgIpc) is 0.826. The van der Waals surface area contributed by atoms with Crippen LogP contribution in [-0.4, -0.2) is 285 Å². The topological polar surface area (TPSA) is 283 Å². The molecule has 130 heavy (non-hydrogen) atoms. The molecule has 26 nitrogen and oxygen atoms in total. The minimum atomic E-state index is -1.88. The molecular formula is C98H137BrCl5N13O13. The number of aliphatic hydroxyl groups is 1. The first kappa shape index (κ1) is 108. The molecule has 6 aliphatic heterocycles. The minimum Gasteiger partial charge on any atom is -0.497 e. The van der Waals surface area contributed by atoms with E-state index in [0.717, 1.165) is 170 Å². The fourth-order valence-electron chi connectivity index (χ4n) is 16.2. The monoisotopic (exact) mass is 1960 g/mol. The number of nitrogens with one attached hydrogen (secondary N) is 2. The van der Waals surface area contributed by atoms with Gasteiger partial charge in [-0.15, -0.1) is 0 Å². The number of amides is 7. The number of carboxylic acid groups (broad SMARTS) is 2. The summed E-state index contributed by atoms with van der Waals surface area (Å²) in [5.74, 6) is -0.723. The van der Waals surface area contributed by atoms with Crippen LogP contribution in [-0.2, 0) is 24.8 Å². The van der Waals surface area contributed by atoms with E-state index in [0.29, 0.717) is 76.1 Å². The summed E-state index contributed by atoms with van der Waals surface area (Å²) >= 11 is 34.2. The Bertz CT molecular complexity index is 4440. The molecule has 0 unspecified atom stereocenters. The maximum Gasteiger partial charge on any atom is 0.340 e. The van der Waals surface area contributed by atoms with Crippen molar-refractivity contribution in [2.75, 3.05) is 202 Å². The van der Waals surface area contributed by atoms with Crippen LogP contribution < -0.4 is 35.0 Å². The lowest BCUT2D eigenvalue weighted by atomic mass is 9.88. The molecule has 714 valence electrons. The molecule has 6 aromatic carbocycles. The number of ether oxygens (including phenoxy) is 1. The van der Waals surface area contributed by atoms with E-state index in [1.54, 1.807) is 123 Å². The number of carbonyl (C=O) groups excluding carboxylic acids is 7. The van der Waals surface area contributed by atoms with Gasteiger partial charge in [0, 0.05) is 188 Å². The quantitative estimate of drug-likeness (QED) is 0.0638. The number of piperazine rings is 2. The maximum absolute atomic E-state index is 12.7. The standard InChI is InChI=1S/C20H28ClN3O2.C19H27ClN4O2.2C14H19ClN2O.C10H12O4.C9H9BrClNO.C7H12O2.C5H11N/c1-22(2)20(26)17-9-8-16(14-18(17)21)23-10-12-24(13-11-23)19(25)15-6-4-3-5-7-15;1-22(2)19(26)16-4-3-15(13-17(16)20)23-9-11-24(12-10-23)18(25)14-5-7-21-8-6-14;2*1-16(2)14(18)12-7-6-11(10-13(12)15)17-8-4-3-5-9-17;1-10(13,9(11)12)7-4-3-5-8(6-7)14-2;1-12(2)9(13)7-4-3-6(10)5-8(7)11;8-7(9)6-4-2-1-3-5-6;1-2-4-6-5-3-1/h8-9,14-15H,3-7,10-13H2,1-2H3;3-4,13-14,21H,5-12H2,1-2H3;2*6-7,10H,3-5,8-9H2,1-2H3;3-6,13H,1-2H3,(H,11,12);3-5H,1-2H3;6H,1-5H2,(H,8,9);6H,1-5H2/t;;;;10-;;;/m....1.../s1. The summed E-state index contributed by atoms with van der Waals surface area (Å²) in [6, 6.07) is 34.2. The second kappa shape index (κ2) is 55.1. The van der Waals surface area contributed by atoms with E-state index in [1.807, 2.05) is 70.5 Å². The van der Waals surface area contributed by atoms with Gasteiger partial charge in [-0.3, -0.25) is 38.4 Å². The number of hydrogen-bond donors (Lipinski definition) is 5. The third kappa shape index (κ3) is 33.8. The van der Waals surface area contributed by atoms with Crippen LogP contribution in [0.5, 0.6) is 5.75 Å². The summed E-state index contributed by atoms with van der Waals surface area (Å²) in [6.07, 6.45) is 24.6. The zero-order chi connectivity index (χ0) is 95.3. The Kier molecular flexibility index (Phi) is 46.0. The highest BCUT2D eigenvalue weighted by Crippen LogP contribution is 2.34. The van der Waals surface area contributed by atoms with Crippen LogP contribution in [0.2, 0.25) is 25.1 Å². The number of halogens is 6. The second-order valence-corrected chi connectivity index (χ2v) is 37.9. The van der Waals surface area contributed by atoms with Crippen LogP contribution in [0.3, 0.4) is 0 Å². The molecule has 2 aliphatic carbocycles. The number of carboxylic acids is 2. The molecule has 6 saturated heterocycles. The van der Waals surface area contributed by atoms with Crippen molar-refractivity contribution in [2.24, 2.45) is 17.8 Å². The fourth-order valence-corrected chi connectivity index (χ4v) is 18.0. The zero-order valence-electron chi connectivity index (χ0n) is 78.0. The number of methoxy groups -OCH3 is 1. The highest BCUT2D eigenvalue weighted by Gasteiger charge is 2.34. The number of hydrogen-bond acceptors (Lipinski definition) is 17. The summed E-state index contributed by atoms with van der Waals surface area (Å²) in [7, 11) is 18.7. The summed E-state index contributed by atoms with van der Waals surface area (Å²) in [5, 5.41) is 36.0. The number of piperidine rings is 4. The number of carbonyl (C=O) groups is 9. The van der Waals surface area contributed by atoms with E-state index in [-0.39, 0.29) is 47.3 Å². The van der Waals surface area contributed by atoms with Gasteiger partial charge in [0.05, 0.1) is 66.0 Å². The van der Waals surface area contributed by atoms with Gasteiger partial charge in [0.1, 0.15) is 5.75 Å². The molecule has 8 fully saturated rings. The van der Waals surface area contributed by atoms with Crippen molar-refractivity contribution in [1.29, 1.82) is 0 Å². The lowest BCUT2D eigenvalue weighted by Crippen LogP contribution is -2.51. The van der Waals surface area contributed by atoms with Gasteiger partial charge < -0.3 is 84.6 Å². The van der Waals surface area contributed by atoms with Gasteiger partial charge in [-0.25, -0.2) is 4.79 Å². The third-order valence-electron chi connectivity index (χ3n) is 24.1. The second-order valence-electron chi connectivity index (χ2n) is 35.0. The Morgan fingerprint density at radius 3 is 0.931 bits per heavy atom. The molecule has 6 heterocycles. The van der Waals surface area contributed by atoms with E-state index >= 15 is 0 Å². The number of benzene rings is 6. The lowest BCUT2D eigenvalue weighted by Gasteiger charge is -2.38. The van der Waals surface area contributed by atoms with Crippen LogP contribution >= 0.6 is 73.9 Å². The lowest BCUT2D eigenvalue weighted by molar-refractivity contribution is -0.157. The molecule has 0 spiro atoms. The molecule has 0 radical (unpaired) electrons. The Hall–Kier alpha value is -8.64. The first-order chi connectivity index (χ1) is 61.9. The van der Waals surface area contributed by atoms with E-state index in [1.165, 1.54) is 137 Å². The van der Waals surface area contributed by atoms with Crippen molar-refractivity contribution in [3.63, 3.8) is 0 Å². The van der Waals surface area contributed by atoms with Crippen molar-refractivity contribution in [3.8, 4) is 5.75 Å². The Labute approximate surface area is 803 Å². The smallest absolute Gasteiger partial charge is 0.340 e. The molecule has 8 aliphatic rings. The fraction of sp³-hybridized carbons (Fsp3) is 0.541. The summed E-state index contributed by atoms with van der Waals surface area (Å²) in [5.41, 5.74) is 5.37. The molecule has 1 atom stereocenters. The van der Waals surface area contributed by atoms with Crippen molar-refractivity contribution in [1.82, 2.24) is 44.9 Å². The average molecular weight is 1960 g/mol. The van der Waals surface area contributed by atoms with Crippen molar-refractivity contribution in [2.45, 2.75) is 147 Å². The SMILES string of the molecule is C1CCNCC1.CN(C)C(=O)c1ccc(Br)cc1Cl.CN(C)C(=O)c1ccc(N2CCCCC2)cc1Cl.CN(C)C(=O)c1ccc(N2CCCCC2)cc1Cl.CN(C)C(=O)c1ccc(N2CCN(C(=O)C3CCCCC3)CC2)cc1Cl.CN(C)C(=O)c1ccc(N2CCN(C(=O)C3CCNCC3)CC2)cc1Cl.COc1cccc([C@@](C)(O)C(=O)O)c1.O=C(O)C1CCCCC1. The van der Waals surface area contributed by atoms with Gasteiger partial charge in [0.15, 0.2) is 5.60 Å². The highest BCUT2D eigenvalue weighted by molar-refractivity contribution is 9.10. The van der Waals surface area contributed by atoms with Crippen LogP contribution in [0.25, 0.3) is 0 Å². The molecule has 6 aromatic rings. The minimum absolute atomic E-state index is 0.0289. The predicted molar refractivity (Wildman–Crippen MR) is 528 cm³/mol. The van der Waals surface area contributed by atoms with Crippen LogP contribution in [0, 0.1) is 17.8 Å². The van der Waals surface area contributed by atoms with E-state index in [9.17, 15) is 48.3 Å². The molecule has 7 amide bonds. The predicted octanol–water partition coefficient (Wildman–Crippen LogP) is 17.2.